The molecule has 1 aliphatic rings. The van der Waals surface area contributed by atoms with Gasteiger partial charge in [-0.15, -0.1) is 0 Å². The zero-order valence-electron chi connectivity index (χ0n) is 17.7. The van der Waals surface area contributed by atoms with E-state index < -0.39 is 10.0 Å². The van der Waals surface area contributed by atoms with Crippen LogP contribution in [0.25, 0.3) is 0 Å². The Hall–Kier alpha value is -2.59. The third kappa shape index (κ3) is 4.44. The van der Waals surface area contributed by atoms with E-state index in [0.29, 0.717) is 43.1 Å². The average molecular weight is 438 g/mol. The van der Waals surface area contributed by atoms with Gasteiger partial charge in [0.05, 0.1) is 14.2 Å². The lowest BCUT2D eigenvalue weighted by molar-refractivity contribution is -0.132. The number of rotatable bonds is 7. The molecule has 0 spiro atoms. The van der Waals surface area contributed by atoms with Crippen LogP contribution in [0.4, 0.5) is 0 Å². The molecule has 2 heterocycles. The summed E-state index contributed by atoms with van der Waals surface area (Å²) in [4.78, 5) is 14.4. The summed E-state index contributed by atoms with van der Waals surface area (Å²) >= 11 is 0. The number of methoxy groups -OCH3 is 2. The summed E-state index contributed by atoms with van der Waals surface area (Å²) < 4.78 is 42.7. The molecule has 0 unspecified atom stereocenters. The highest BCUT2D eigenvalue weighted by Gasteiger charge is 2.34. The van der Waals surface area contributed by atoms with Crippen molar-refractivity contribution >= 4 is 15.9 Å². The maximum Gasteiger partial charge on any atom is 0.248 e. The summed E-state index contributed by atoms with van der Waals surface area (Å²) in [6.45, 7) is 4.39. The van der Waals surface area contributed by atoms with E-state index in [-0.39, 0.29) is 29.7 Å². The van der Waals surface area contributed by atoms with Crippen LogP contribution in [-0.2, 0) is 21.2 Å². The van der Waals surface area contributed by atoms with Crippen molar-refractivity contribution < 1.29 is 27.2 Å². The first-order valence-corrected chi connectivity index (χ1v) is 11.1. The number of nitrogens with zero attached hydrogens (tertiary/aromatic N) is 3. The molecule has 0 bridgehead atoms. The number of amides is 1. The van der Waals surface area contributed by atoms with Crippen molar-refractivity contribution in [3.63, 3.8) is 0 Å². The summed E-state index contributed by atoms with van der Waals surface area (Å²) in [7, 11) is -0.537. The fourth-order valence-electron chi connectivity index (χ4n) is 3.60. The lowest BCUT2D eigenvalue weighted by atomic mass is 10.1. The smallest absolute Gasteiger partial charge is 0.248 e. The van der Waals surface area contributed by atoms with Gasteiger partial charge in [-0.3, -0.25) is 4.79 Å². The maximum atomic E-state index is 12.9. The molecule has 0 saturated carbocycles. The van der Waals surface area contributed by atoms with Gasteiger partial charge in [-0.05, 0) is 38.0 Å². The first-order valence-electron chi connectivity index (χ1n) is 9.69. The Morgan fingerprint density at radius 1 is 1.10 bits per heavy atom. The number of hydrogen-bond donors (Lipinski definition) is 0. The minimum Gasteiger partial charge on any atom is -0.493 e. The third-order valence-corrected chi connectivity index (χ3v) is 7.38. The second-order valence-corrected chi connectivity index (χ2v) is 9.00. The Kier molecular flexibility index (Phi) is 6.67. The van der Waals surface area contributed by atoms with Crippen molar-refractivity contribution in [1.29, 1.82) is 0 Å². The molecule has 0 radical (unpaired) electrons. The van der Waals surface area contributed by atoms with Crippen molar-refractivity contribution in [2.75, 3.05) is 40.4 Å². The highest BCUT2D eigenvalue weighted by Crippen LogP contribution is 2.28. The zero-order valence-corrected chi connectivity index (χ0v) is 18.5. The van der Waals surface area contributed by atoms with E-state index in [1.807, 2.05) is 18.2 Å². The number of carbonyl (C=O) groups excluding carboxylic acids is 1. The van der Waals surface area contributed by atoms with E-state index in [1.54, 1.807) is 33.0 Å². The lowest BCUT2D eigenvalue weighted by Crippen LogP contribution is -2.50. The van der Waals surface area contributed by atoms with E-state index in [2.05, 4.69) is 5.16 Å². The Labute approximate surface area is 176 Å². The Morgan fingerprint density at radius 3 is 2.33 bits per heavy atom. The molecule has 30 heavy (non-hydrogen) atoms. The van der Waals surface area contributed by atoms with E-state index in [0.717, 1.165) is 5.56 Å². The predicted octanol–water partition coefficient (Wildman–Crippen LogP) is 1.77. The molecule has 0 N–H and O–H groups in total. The molecule has 1 aromatic heterocycles. The first-order chi connectivity index (χ1) is 14.3. The van der Waals surface area contributed by atoms with Crippen LogP contribution in [0.5, 0.6) is 11.5 Å². The van der Waals surface area contributed by atoms with Crippen LogP contribution in [0.1, 0.15) is 23.4 Å². The molecule has 3 rings (SSSR count). The third-order valence-electron chi connectivity index (χ3n) is 5.23. The van der Waals surface area contributed by atoms with Gasteiger partial charge in [0.2, 0.25) is 15.9 Å². The molecule has 1 saturated heterocycles. The van der Waals surface area contributed by atoms with Gasteiger partial charge in [0.1, 0.15) is 10.6 Å². The number of sulfonamides is 1. The molecule has 1 aromatic carbocycles. The van der Waals surface area contributed by atoms with E-state index in [4.69, 9.17) is 14.0 Å². The maximum absolute atomic E-state index is 12.9. The number of hydrogen-bond acceptors (Lipinski definition) is 7. The number of benzene rings is 1. The van der Waals surface area contributed by atoms with Crippen molar-refractivity contribution in [1.82, 2.24) is 14.4 Å². The monoisotopic (exact) mass is 437 g/mol. The molecule has 2 aromatic rings. The Bertz CT molecular complexity index is 990. The summed E-state index contributed by atoms with van der Waals surface area (Å²) in [5, 5.41) is 3.73. The van der Waals surface area contributed by atoms with Gasteiger partial charge >= 0.3 is 0 Å². The quantitative estimate of drug-likeness (QED) is 0.650. The molecule has 1 aliphatic heterocycles. The summed E-state index contributed by atoms with van der Waals surface area (Å²) in [5.74, 6) is 1.55. The van der Waals surface area contributed by atoms with Crippen LogP contribution in [0, 0.1) is 13.8 Å². The van der Waals surface area contributed by atoms with Crippen molar-refractivity contribution in [2.24, 2.45) is 0 Å². The van der Waals surface area contributed by atoms with E-state index in [1.165, 1.54) is 4.31 Å². The number of carbonyl (C=O) groups is 1. The molecule has 9 nitrogen and oxygen atoms in total. The molecular formula is C20H27N3O6S. The minimum atomic E-state index is -3.69. The molecule has 0 atom stereocenters. The standard InChI is InChI=1S/C20H27N3O6S/c1-14-20(15(2)29-21-14)30(25,26)23-11-9-22(10-12-23)19(24)8-6-16-5-7-17(27-3)18(13-16)28-4/h5,7,13H,6,8-12H2,1-4H3. The highest BCUT2D eigenvalue weighted by molar-refractivity contribution is 7.89. The normalized spacial score (nSPS) is 15.3. The Balaban J connectivity index is 1.57. The van der Waals surface area contributed by atoms with Crippen molar-refractivity contribution in [3.8, 4) is 11.5 Å². The van der Waals surface area contributed by atoms with Crippen LogP contribution >= 0.6 is 0 Å². The van der Waals surface area contributed by atoms with Gasteiger partial charge < -0.3 is 18.9 Å². The topological polar surface area (TPSA) is 102 Å². The van der Waals surface area contributed by atoms with Gasteiger partial charge in [0.25, 0.3) is 0 Å². The highest BCUT2D eigenvalue weighted by atomic mass is 32.2. The minimum absolute atomic E-state index is 0.000767. The SMILES string of the molecule is COc1ccc(CCC(=O)N2CCN(S(=O)(=O)c3c(C)noc3C)CC2)cc1OC. The largest absolute Gasteiger partial charge is 0.493 e. The molecule has 1 fully saturated rings. The lowest BCUT2D eigenvalue weighted by Gasteiger charge is -2.34. The second kappa shape index (κ2) is 9.05. The van der Waals surface area contributed by atoms with Gasteiger partial charge in [-0.1, -0.05) is 11.2 Å². The number of piperazine rings is 1. The molecule has 1 amide bonds. The zero-order chi connectivity index (χ0) is 21.9. The summed E-state index contributed by atoms with van der Waals surface area (Å²) in [5.41, 5.74) is 1.32. The summed E-state index contributed by atoms with van der Waals surface area (Å²) in [6, 6.07) is 5.58. The predicted molar refractivity (Wildman–Crippen MR) is 109 cm³/mol. The van der Waals surface area contributed by atoms with Crippen LogP contribution in [0.15, 0.2) is 27.6 Å². The van der Waals surface area contributed by atoms with Gasteiger partial charge in [-0.2, -0.15) is 4.31 Å². The Morgan fingerprint density at radius 2 is 1.77 bits per heavy atom. The fraction of sp³-hybridized carbons (Fsp3) is 0.500. The van der Waals surface area contributed by atoms with Crippen LogP contribution in [0.3, 0.4) is 0 Å². The van der Waals surface area contributed by atoms with Gasteiger partial charge in [0.15, 0.2) is 17.3 Å². The van der Waals surface area contributed by atoms with Gasteiger partial charge in [-0.25, -0.2) is 8.42 Å². The fourth-order valence-corrected chi connectivity index (χ4v) is 5.31. The van der Waals surface area contributed by atoms with Crippen LogP contribution < -0.4 is 9.47 Å². The number of aromatic nitrogens is 1. The van der Waals surface area contributed by atoms with Crippen molar-refractivity contribution in [2.45, 2.75) is 31.6 Å². The van der Waals surface area contributed by atoms with Crippen LogP contribution in [-0.4, -0.2) is 69.1 Å². The molecule has 10 heteroatoms. The van der Waals surface area contributed by atoms with E-state index >= 15 is 0 Å². The summed E-state index contributed by atoms with van der Waals surface area (Å²) in [6.07, 6.45) is 0.906. The average Bonchev–Trinajstić information content (AvgIpc) is 3.10. The first kappa shape index (κ1) is 22.1. The van der Waals surface area contributed by atoms with Gasteiger partial charge in [0, 0.05) is 32.6 Å². The number of ether oxygens (including phenoxy) is 2. The number of aryl methyl sites for hydroxylation is 3. The molecule has 164 valence electrons. The van der Waals surface area contributed by atoms with Crippen LogP contribution in [0.2, 0.25) is 0 Å². The molecular weight excluding hydrogens is 410 g/mol. The van der Waals surface area contributed by atoms with Crippen molar-refractivity contribution in [3.05, 3.63) is 35.2 Å². The molecule has 0 aliphatic carbocycles. The van der Waals surface area contributed by atoms with E-state index in [9.17, 15) is 13.2 Å². The second-order valence-electron chi connectivity index (χ2n) is 7.13.